The van der Waals surface area contributed by atoms with Gasteiger partial charge in [-0.15, -0.1) is 0 Å². The standard InChI is InChI=1S/C20H31NO4/c1-3-4-5-9-15-21(16-14-20(23)24-2)19(22)13-10-17-25-18-11-7-6-8-12-18/h6-8,11-12H,3-5,9-10,13-17H2,1-2H3. The van der Waals surface area contributed by atoms with Crippen molar-refractivity contribution in [2.24, 2.45) is 0 Å². The van der Waals surface area contributed by atoms with E-state index in [2.05, 4.69) is 11.7 Å². The summed E-state index contributed by atoms with van der Waals surface area (Å²) in [6, 6.07) is 9.58. The van der Waals surface area contributed by atoms with Crippen LogP contribution in [0.4, 0.5) is 0 Å². The van der Waals surface area contributed by atoms with Crippen LogP contribution < -0.4 is 4.74 Å². The Morgan fingerprint density at radius 2 is 1.72 bits per heavy atom. The molecule has 5 nitrogen and oxygen atoms in total. The molecule has 25 heavy (non-hydrogen) atoms. The SMILES string of the molecule is CCCCCCN(CCC(=O)OC)C(=O)CCCOc1ccccc1. The van der Waals surface area contributed by atoms with E-state index in [0.717, 1.165) is 25.0 Å². The van der Waals surface area contributed by atoms with E-state index in [4.69, 9.17) is 4.74 Å². The van der Waals surface area contributed by atoms with Crippen molar-refractivity contribution in [2.45, 2.75) is 51.9 Å². The Hall–Kier alpha value is -2.04. The van der Waals surface area contributed by atoms with Crippen molar-refractivity contribution in [1.82, 2.24) is 4.90 Å². The van der Waals surface area contributed by atoms with Crippen molar-refractivity contribution in [3.8, 4) is 5.75 Å². The van der Waals surface area contributed by atoms with Gasteiger partial charge in [0, 0.05) is 19.5 Å². The normalized spacial score (nSPS) is 10.3. The maximum atomic E-state index is 12.4. The average Bonchev–Trinajstić information content (AvgIpc) is 2.65. The van der Waals surface area contributed by atoms with E-state index in [1.807, 2.05) is 30.3 Å². The van der Waals surface area contributed by atoms with Gasteiger partial charge in [-0.1, -0.05) is 44.4 Å². The van der Waals surface area contributed by atoms with Crippen LogP contribution in [0.1, 0.15) is 51.9 Å². The summed E-state index contributed by atoms with van der Waals surface area (Å²) < 4.78 is 10.3. The first kappa shape index (κ1) is 21.0. The molecular weight excluding hydrogens is 318 g/mol. The van der Waals surface area contributed by atoms with Gasteiger partial charge in [-0.25, -0.2) is 0 Å². The molecule has 0 radical (unpaired) electrons. The van der Waals surface area contributed by atoms with Gasteiger partial charge >= 0.3 is 5.97 Å². The third kappa shape index (κ3) is 9.75. The number of hydrogen-bond acceptors (Lipinski definition) is 4. The van der Waals surface area contributed by atoms with Crippen LogP contribution >= 0.6 is 0 Å². The van der Waals surface area contributed by atoms with Crippen molar-refractivity contribution in [1.29, 1.82) is 0 Å². The zero-order chi connectivity index (χ0) is 18.3. The highest BCUT2D eigenvalue weighted by atomic mass is 16.5. The second kappa shape index (κ2) is 13.3. The van der Waals surface area contributed by atoms with Crippen molar-refractivity contribution in [2.75, 3.05) is 26.8 Å². The molecule has 1 aromatic rings. The van der Waals surface area contributed by atoms with Crippen molar-refractivity contribution in [3.63, 3.8) is 0 Å². The summed E-state index contributed by atoms with van der Waals surface area (Å²) in [4.78, 5) is 25.6. The average molecular weight is 349 g/mol. The van der Waals surface area contributed by atoms with Crippen LogP contribution in [0.3, 0.4) is 0 Å². The van der Waals surface area contributed by atoms with Gasteiger partial charge in [0.05, 0.1) is 20.1 Å². The molecule has 0 aliphatic heterocycles. The second-order valence-electron chi connectivity index (χ2n) is 6.03. The number of rotatable bonds is 13. The lowest BCUT2D eigenvalue weighted by molar-refractivity contribution is -0.141. The minimum Gasteiger partial charge on any atom is -0.494 e. The Bertz CT molecular complexity index is 490. The summed E-state index contributed by atoms with van der Waals surface area (Å²) in [5, 5.41) is 0. The molecule has 0 bridgehead atoms. The van der Waals surface area contributed by atoms with E-state index >= 15 is 0 Å². The van der Waals surface area contributed by atoms with E-state index in [1.165, 1.54) is 13.5 Å². The first-order valence-corrected chi connectivity index (χ1v) is 9.19. The molecule has 0 aromatic heterocycles. The molecule has 0 aliphatic carbocycles. The predicted octanol–water partition coefficient (Wildman–Crippen LogP) is 3.82. The highest BCUT2D eigenvalue weighted by Crippen LogP contribution is 2.10. The van der Waals surface area contributed by atoms with Crippen LogP contribution in [-0.2, 0) is 14.3 Å². The lowest BCUT2D eigenvalue weighted by atomic mass is 10.2. The number of para-hydroxylation sites is 1. The molecule has 0 spiro atoms. The first-order valence-electron chi connectivity index (χ1n) is 9.19. The van der Waals surface area contributed by atoms with E-state index in [9.17, 15) is 9.59 Å². The Kier molecular flexibility index (Phi) is 11.2. The van der Waals surface area contributed by atoms with E-state index in [1.54, 1.807) is 4.90 Å². The van der Waals surface area contributed by atoms with Crippen LogP contribution in [0.15, 0.2) is 30.3 Å². The number of unbranched alkanes of at least 4 members (excludes halogenated alkanes) is 3. The predicted molar refractivity (Wildman–Crippen MR) is 98.5 cm³/mol. The number of nitrogens with zero attached hydrogens (tertiary/aromatic N) is 1. The van der Waals surface area contributed by atoms with Gasteiger partial charge in [0.2, 0.25) is 5.91 Å². The topological polar surface area (TPSA) is 55.8 Å². The third-order valence-electron chi connectivity index (χ3n) is 3.99. The Morgan fingerprint density at radius 1 is 0.960 bits per heavy atom. The van der Waals surface area contributed by atoms with Gasteiger partial charge in [-0.2, -0.15) is 0 Å². The molecule has 0 atom stereocenters. The van der Waals surface area contributed by atoms with Gasteiger partial charge in [0.25, 0.3) is 0 Å². The Labute approximate surface area is 151 Å². The maximum Gasteiger partial charge on any atom is 0.307 e. The number of hydrogen-bond donors (Lipinski definition) is 0. The van der Waals surface area contributed by atoms with E-state index < -0.39 is 0 Å². The lowest BCUT2D eigenvalue weighted by Crippen LogP contribution is -2.34. The molecule has 0 unspecified atom stereocenters. The van der Waals surface area contributed by atoms with E-state index in [-0.39, 0.29) is 18.3 Å². The molecule has 1 rings (SSSR count). The molecule has 0 saturated carbocycles. The van der Waals surface area contributed by atoms with Crippen molar-refractivity contribution >= 4 is 11.9 Å². The zero-order valence-electron chi connectivity index (χ0n) is 15.5. The fourth-order valence-corrected chi connectivity index (χ4v) is 2.51. The Balaban J connectivity index is 2.34. The molecule has 1 aromatic carbocycles. The van der Waals surface area contributed by atoms with Crippen LogP contribution in [0.25, 0.3) is 0 Å². The highest BCUT2D eigenvalue weighted by molar-refractivity contribution is 5.77. The van der Waals surface area contributed by atoms with Crippen LogP contribution in [0, 0.1) is 0 Å². The fraction of sp³-hybridized carbons (Fsp3) is 0.600. The quantitative estimate of drug-likeness (QED) is 0.401. The fourth-order valence-electron chi connectivity index (χ4n) is 2.51. The van der Waals surface area contributed by atoms with E-state index in [0.29, 0.717) is 32.5 Å². The number of carbonyl (C=O) groups excluding carboxylic acids is 2. The number of benzene rings is 1. The summed E-state index contributed by atoms with van der Waals surface area (Å²) in [5.41, 5.74) is 0. The number of amides is 1. The number of methoxy groups -OCH3 is 1. The van der Waals surface area contributed by atoms with Crippen LogP contribution in [-0.4, -0.2) is 43.6 Å². The smallest absolute Gasteiger partial charge is 0.307 e. The minimum atomic E-state index is -0.279. The number of esters is 1. The summed E-state index contributed by atoms with van der Waals surface area (Å²) >= 11 is 0. The van der Waals surface area contributed by atoms with Crippen molar-refractivity contribution < 1.29 is 19.1 Å². The largest absolute Gasteiger partial charge is 0.494 e. The van der Waals surface area contributed by atoms with Gasteiger partial charge in [-0.3, -0.25) is 9.59 Å². The number of ether oxygens (including phenoxy) is 2. The van der Waals surface area contributed by atoms with Gasteiger partial charge in [-0.05, 0) is 25.0 Å². The summed E-state index contributed by atoms with van der Waals surface area (Å²) in [6.07, 6.45) is 5.75. The Morgan fingerprint density at radius 3 is 2.40 bits per heavy atom. The van der Waals surface area contributed by atoms with Gasteiger partial charge in [0.15, 0.2) is 0 Å². The van der Waals surface area contributed by atoms with Crippen LogP contribution in [0.5, 0.6) is 5.75 Å². The lowest BCUT2D eigenvalue weighted by Gasteiger charge is -2.22. The molecular formula is C20H31NO4. The second-order valence-corrected chi connectivity index (χ2v) is 6.03. The maximum absolute atomic E-state index is 12.4. The molecule has 0 heterocycles. The van der Waals surface area contributed by atoms with Gasteiger partial charge < -0.3 is 14.4 Å². The minimum absolute atomic E-state index is 0.0806. The first-order chi connectivity index (χ1) is 12.2. The van der Waals surface area contributed by atoms with Crippen LogP contribution in [0.2, 0.25) is 0 Å². The summed E-state index contributed by atoms with van der Waals surface area (Å²) in [5.74, 6) is 0.618. The monoisotopic (exact) mass is 349 g/mol. The zero-order valence-corrected chi connectivity index (χ0v) is 15.5. The molecule has 0 saturated heterocycles. The summed E-state index contributed by atoms with van der Waals surface area (Å²) in [7, 11) is 1.37. The van der Waals surface area contributed by atoms with Gasteiger partial charge in [0.1, 0.15) is 5.75 Å². The highest BCUT2D eigenvalue weighted by Gasteiger charge is 2.14. The molecule has 1 amide bonds. The number of carbonyl (C=O) groups is 2. The molecule has 0 aliphatic rings. The summed E-state index contributed by atoms with van der Waals surface area (Å²) in [6.45, 7) is 3.80. The molecule has 140 valence electrons. The molecule has 0 N–H and O–H groups in total. The molecule has 5 heteroatoms. The van der Waals surface area contributed by atoms with Crippen molar-refractivity contribution in [3.05, 3.63) is 30.3 Å². The molecule has 0 fully saturated rings. The third-order valence-corrected chi connectivity index (χ3v) is 3.99.